The number of nitriles is 1. The fraction of sp³-hybridized carbons (Fsp3) is 0.368. The number of aliphatic imine (C=N–C) groups is 1. The maximum Gasteiger partial charge on any atom is 0.151 e. The Kier molecular flexibility index (Phi) is 3.60. The summed E-state index contributed by atoms with van der Waals surface area (Å²) in [6.07, 6.45) is 4.85. The van der Waals surface area contributed by atoms with Crippen LogP contribution in [0.1, 0.15) is 42.7 Å². The van der Waals surface area contributed by atoms with Gasteiger partial charge in [-0.3, -0.25) is 9.89 Å². The number of hydrogen-bond acceptors (Lipinski definition) is 7. The molecule has 1 aromatic carbocycles. The lowest BCUT2D eigenvalue weighted by Gasteiger charge is -2.32. The van der Waals surface area contributed by atoms with E-state index in [0.29, 0.717) is 29.0 Å². The van der Waals surface area contributed by atoms with Gasteiger partial charge in [-0.05, 0) is 34.8 Å². The quantitative estimate of drug-likeness (QED) is 0.749. The van der Waals surface area contributed by atoms with E-state index in [2.05, 4.69) is 31.6 Å². The lowest BCUT2D eigenvalue weighted by Crippen LogP contribution is -2.36. The molecule has 5 rings (SSSR count). The first kappa shape index (κ1) is 15.9. The molecule has 0 spiro atoms. The van der Waals surface area contributed by atoms with Crippen LogP contribution in [0, 0.1) is 23.2 Å². The summed E-state index contributed by atoms with van der Waals surface area (Å²) >= 11 is 0. The van der Waals surface area contributed by atoms with E-state index in [1.807, 2.05) is 18.2 Å². The number of aromatic nitrogens is 4. The van der Waals surface area contributed by atoms with Crippen molar-refractivity contribution in [2.75, 3.05) is 0 Å². The highest BCUT2D eigenvalue weighted by Gasteiger charge is 2.42. The molecule has 1 aliphatic heterocycles. The number of benzene rings is 1. The first-order valence-corrected chi connectivity index (χ1v) is 9.03. The Morgan fingerprint density at radius 2 is 2.15 bits per heavy atom. The van der Waals surface area contributed by atoms with Gasteiger partial charge in [-0.15, -0.1) is 0 Å². The minimum atomic E-state index is -0.565. The summed E-state index contributed by atoms with van der Waals surface area (Å²) in [4.78, 5) is 17.2. The molecule has 3 atom stereocenters. The smallest absolute Gasteiger partial charge is 0.151 e. The van der Waals surface area contributed by atoms with Gasteiger partial charge in [0.15, 0.2) is 5.82 Å². The second-order valence-corrected chi connectivity index (χ2v) is 7.04. The number of Topliss-reactive ketones (excluding diaryl/α,β-unsaturated/α-hetero) is 1. The largest absolute Gasteiger partial charge is 0.299 e. The van der Waals surface area contributed by atoms with E-state index in [0.717, 1.165) is 30.4 Å². The van der Waals surface area contributed by atoms with Crippen LogP contribution < -0.4 is 0 Å². The third-order valence-corrected chi connectivity index (χ3v) is 5.58. The van der Waals surface area contributed by atoms with Gasteiger partial charge in [0.1, 0.15) is 16.8 Å². The molecule has 1 saturated carbocycles. The van der Waals surface area contributed by atoms with E-state index in [1.54, 1.807) is 6.20 Å². The monoisotopic (exact) mass is 360 g/mol. The molecule has 134 valence electrons. The number of rotatable bonds is 2. The second kappa shape index (κ2) is 6.13. The van der Waals surface area contributed by atoms with Gasteiger partial charge in [-0.2, -0.15) is 10.4 Å². The number of carbonyl (C=O) groups excluding carboxylic acids is 1. The van der Waals surface area contributed by atoms with Crippen molar-refractivity contribution in [3.05, 3.63) is 35.5 Å². The van der Waals surface area contributed by atoms with Crippen molar-refractivity contribution in [3.8, 4) is 6.07 Å². The first-order valence-electron chi connectivity index (χ1n) is 9.03. The first-order chi connectivity index (χ1) is 13.3. The van der Waals surface area contributed by atoms with Crippen molar-refractivity contribution in [1.29, 1.82) is 5.26 Å². The number of nitrogens with one attached hydrogen (secondary N) is 1. The van der Waals surface area contributed by atoms with Crippen LogP contribution in [-0.4, -0.2) is 32.0 Å². The summed E-state index contributed by atoms with van der Waals surface area (Å²) in [6, 6.07) is 8.01. The van der Waals surface area contributed by atoms with E-state index >= 15 is 0 Å². The van der Waals surface area contributed by atoms with E-state index < -0.39 is 5.92 Å². The molecule has 27 heavy (non-hydrogen) atoms. The minimum absolute atomic E-state index is 0.170. The molecule has 8 heteroatoms. The second-order valence-electron chi connectivity index (χ2n) is 7.04. The maximum atomic E-state index is 12.6. The zero-order chi connectivity index (χ0) is 18.4. The molecule has 0 bridgehead atoms. The van der Waals surface area contributed by atoms with Gasteiger partial charge in [0.25, 0.3) is 0 Å². The highest BCUT2D eigenvalue weighted by atomic mass is 16.6. The van der Waals surface area contributed by atoms with Crippen LogP contribution in [0.2, 0.25) is 0 Å². The van der Waals surface area contributed by atoms with Gasteiger partial charge in [-0.25, -0.2) is 9.62 Å². The number of aromatic amines is 1. The molecular formula is C19H16N6O2. The minimum Gasteiger partial charge on any atom is -0.299 e. The van der Waals surface area contributed by atoms with Crippen molar-refractivity contribution in [2.45, 2.75) is 31.6 Å². The van der Waals surface area contributed by atoms with Crippen molar-refractivity contribution in [1.82, 2.24) is 20.5 Å². The summed E-state index contributed by atoms with van der Waals surface area (Å²) in [5, 5.41) is 25.1. The number of H-pyrrole nitrogens is 1. The number of nitrogens with zero attached hydrogens (tertiary/aromatic N) is 5. The normalized spacial score (nSPS) is 25.1. The lowest BCUT2D eigenvalue weighted by atomic mass is 9.71. The zero-order valence-corrected chi connectivity index (χ0v) is 14.4. The average Bonchev–Trinajstić information content (AvgIpc) is 3.35. The highest BCUT2D eigenvalue weighted by molar-refractivity contribution is 6.09. The molecule has 1 N–H and O–H groups in total. The van der Waals surface area contributed by atoms with E-state index in [4.69, 9.17) is 4.63 Å². The van der Waals surface area contributed by atoms with Gasteiger partial charge < -0.3 is 0 Å². The molecule has 0 radical (unpaired) electrons. The van der Waals surface area contributed by atoms with Crippen LogP contribution in [-0.2, 0) is 4.79 Å². The third-order valence-electron chi connectivity index (χ3n) is 5.58. The molecule has 1 fully saturated rings. The number of ketones is 1. The number of carbonyl (C=O) groups is 1. The topological polar surface area (TPSA) is 121 Å². The molecule has 2 aliphatic rings. The zero-order valence-electron chi connectivity index (χ0n) is 14.4. The number of fused-ring (bicyclic) bond motifs is 2. The Balaban J connectivity index is 1.70. The predicted molar refractivity (Wildman–Crippen MR) is 95.4 cm³/mol. The summed E-state index contributed by atoms with van der Waals surface area (Å²) in [7, 11) is 0. The maximum absolute atomic E-state index is 12.6. The van der Waals surface area contributed by atoms with Crippen LogP contribution in [0.25, 0.3) is 11.0 Å². The summed E-state index contributed by atoms with van der Waals surface area (Å²) in [6.45, 7) is 0. The molecule has 0 amide bonds. The van der Waals surface area contributed by atoms with Gasteiger partial charge in [-0.1, -0.05) is 18.6 Å². The van der Waals surface area contributed by atoms with Crippen LogP contribution in [0.3, 0.4) is 0 Å². The highest BCUT2D eigenvalue weighted by Crippen LogP contribution is 2.45. The fourth-order valence-corrected chi connectivity index (χ4v) is 4.31. The van der Waals surface area contributed by atoms with Crippen LogP contribution in [0.5, 0.6) is 0 Å². The summed E-state index contributed by atoms with van der Waals surface area (Å²) in [5.41, 5.74) is 3.54. The fourth-order valence-electron chi connectivity index (χ4n) is 4.31. The van der Waals surface area contributed by atoms with Crippen molar-refractivity contribution < 1.29 is 9.42 Å². The molecule has 2 aromatic heterocycles. The Morgan fingerprint density at radius 1 is 1.22 bits per heavy atom. The van der Waals surface area contributed by atoms with Crippen LogP contribution >= 0.6 is 0 Å². The molecule has 3 aromatic rings. The van der Waals surface area contributed by atoms with Gasteiger partial charge in [0.05, 0.1) is 24.1 Å². The molecule has 8 nitrogen and oxygen atoms in total. The van der Waals surface area contributed by atoms with Gasteiger partial charge in [0, 0.05) is 23.6 Å². The summed E-state index contributed by atoms with van der Waals surface area (Å²) in [5.74, 6) is -0.431. The van der Waals surface area contributed by atoms with Crippen molar-refractivity contribution in [2.24, 2.45) is 16.8 Å². The Hall–Kier alpha value is -3.34. The van der Waals surface area contributed by atoms with Crippen molar-refractivity contribution >= 4 is 28.3 Å². The van der Waals surface area contributed by atoms with Gasteiger partial charge in [0.2, 0.25) is 0 Å². The molecule has 3 heterocycles. The summed E-state index contributed by atoms with van der Waals surface area (Å²) < 4.78 is 4.90. The Morgan fingerprint density at radius 3 is 3.00 bits per heavy atom. The lowest BCUT2D eigenvalue weighted by molar-refractivity contribution is -0.122. The van der Waals surface area contributed by atoms with E-state index in [9.17, 15) is 10.1 Å². The van der Waals surface area contributed by atoms with Crippen molar-refractivity contribution in [3.63, 3.8) is 0 Å². The standard InChI is InChI=1S/C19H16N6O2/c20-8-12-16(11-5-3-6-14-18(11)25-27-24-14)13-9-21-23-19(13)22-17(12)10-4-1-2-7-15(10)26/h3,5-6,9-10,12,16H,1-2,4,7H2,(H,21,23). The Labute approximate surface area is 154 Å². The van der Waals surface area contributed by atoms with Crippen LogP contribution in [0.4, 0.5) is 5.82 Å². The third kappa shape index (κ3) is 2.39. The molecule has 0 saturated heterocycles. The van der Waals surface area contributed by atoms with E-state index in [-0.39, 0.29) is 17.6 Å². The predicted octanol–water partition coefficient (Wildman–Crippen LogP) is 3.06. The SMILES string of the molecule is N#CC1C(C2CCCCC2=O)=Nc2[nH]ncc2C1c1cccc2nonc12. The molecular weight excluding hydrogens is 344 g/mol. The average molecular weight is 360 g/mol. The van der Waals surface area contributed by atoms with E-state index in [1.165, 1.54) is 0 Å². The van der Waals surface area contributed by atoms with Crippen LogP contribution in [0.15, 0.2) is 34.0 Å². The molecule has 1 aliphatic carbocycles. The molecule has 3 unspecified atom stereocenters. The number of hydrogen-bond donors (Lipinski definition) is 1. The van der Waals surface area contributed by atoms with Gasteiger partial charge >= 0.3 is 0 Å². The Bertz CT molecular complexity index is 1100.